The summed E-state index contributed by atoms with van der Waals surface area (Å²) in [6.45, 7) is 7.23. The summed E-state index contributed by atoms with van der Waals surface area (Å²) in [5.74, 6) is 0.263. The van der Waals surface area contributed by atoms with Crippen LogP contribution in [-0.4, -0.2) is 44.1 Å². The predicted octanol–water partition coefficient (Wildman–Crippen LogP) is 9.09. The number of nitrogens with zero attached hydrogens (tertiary/aromatic N) is 1. The predicted molar refractivity (Wildman–Crippen MR) is 183 cm³/mol. The maximum atomic E-state index is 11.9. The van der Waals surface area contributed by atoms with E-state index in [1.165, 1.54) is 35.1 Å². The molecule has 0 N–H and O–H groups in total. The van der Waals surface area contributed by atoms with Gasteiger partial charge in [-0.3, -0.25) is 9.69 Å². The zero-order valence-electron chi connectivity index (χ0n) is 26.2. The monoisotopic (exact) mass is 667 g/mol. The van der Waals surface area contributed by atoms with Crippen molar-refractivity contribution in [3.05, 3.63) is 109 Å². The summed E-state index contributed by atoms with van der Waals surface area (Å²) in [5, 5.41) is 1.22. The maximum absolute atomic E-state index is 11.9. The normalized spacial score (nSPS) is 11.1. The van der Waals surface area contributed by atoms with Crippen molar-refractivity contribution >= 4 is 46.5 Å². The quantitative estimate of drug-likeness (QED) is 0.0931. The Morgan fingerprint density at radius 2 is 1.53 bits per heavy atom. The van der Waals surface area contributed by atoms with Crippen LogP contribution in [0.25, 0.3) is 11.1 Å². The van der Waals surface area contributed by atoms with Crippen molar-refractivity contribution < 1.29 is 23.8 Å². The number of thiophene rings is 1. The topological polar surface area (TPSA) is 65.1 Å². The third-order valence-electron chi connectivity index (χ3n) is 7.79. The van der Waals surface area contributed by atoms with Gasteiger partial charge in [0.2, 0.25) is 0 Å². The molecule has 238 valence electrons. The second-order valence-electron chi connectivity index (χ2n) is 10.9. The lowest BCUT2D eigenvalue weighted by molar-refractivity contribution is -0.140. The summed E-state index contributed by atoms with van der Waals surface area (Å²) in [6.07, 6.45) is 2.93. The fourth-order valence-corrected chi connectivity index (χ4v) is 6.90. The molecule has 0 bridgehead atoms. The van der Waals surface area contributed by atoms with E-state index in [1.54, 1.807) is 29.5 Å². The first-order chi connectivity index (χ1) is 21.7. The van der Waals surface area contributed by atoms with Crippen LogP contribution < -0.4 is 4.74 Å². The lowest BCUT2D eigenvalue weighted by Gasteiger charge is -2.23. The van der Waals surface area contributed by atoms with E-state index in [-0.39, 0.29) is 11.9 Å². The zero-order valence-corrected chi connectivity index (χ0v) is 28.5. The average molecular weight is 669 g/mol. The van der Waals surface area contributed by atoms with Crippen molar-refractivity contribution in [1.29, 1.82) is 0 Å². The van der Waals surface area contributed by atoms with Crippen LogP contribution in [0.1, 0.15) is 56.1 Å². The van der Waals surface area contributed by atoms with Crippen molar-refractivity contribution in [2.75, 3.05) is 27.3 Å². The van der Waals surface area contributed by atoms with Gasteiger partial charge in [0.25, 0.3) is 0 Å². The number of carbonyl (C=O) groups is 2. The summed E-state index contributed by atoms with van der Waals surface area (Å²) >= 11 is 14.3. The largest absolute Gasteiger partial charge is 0.489 e. The van der Waals surface area contributed by atoms with E-state index in [0.717, 1.165) is 61.3 Å². The number of rotatable bonds is 15. The molecule has 4 aromatic rings. The van der Waals surface area contributed by atoms with Crippen molar-refractivity contribution in [1.82, 2.24) is 4.90 Å². The third-order valence-corrected chi connectivity index (χ3v) is 9.45. The highest BCUT2D eigenvalue weighted by Gasteiger charge is 2.17. The molecule has 0 saturated carbocycles. The Labute approximate surface area is 279 Å². The number of ether oxygens (including phenoxy) is 3. The Hall–Kier alpha value is -3.36. The number of hydrogen-bond donors (Lipinski definition) is 0. The van der Waals surface area contributed by atoms with Gasteiger partial charge in [-0.1, -0.05) is 53.5 Å². The van der Waals surface area contributed by atoms with Gasteiger partial charge in [0.15, 0.2) is 0 Å². The summed E-state index contributed by atoms with van der Waals surface area (Å²) in [6, 6.07) is 21.0. The highest BCUT2D eigenvalue weighted by molar-refractivity contribution is 7.12. The number of unbranched alkanes of at least 4 members (excludes halogenated alkanes) is 1. The number of hydrogen-bond acceptors (Lipinski definition) is 7. The van der Waals surface area contributed by atoms with E-state index >= 15 is 0 Å². The van der Waals surface area contributed by atoms with Crippen molar-refractivity contribution in [2.45, 2.75) is 52.7 Å². The summed E-state index contributed by atoms with van der Waals surface area (Å²) < 4.78 is 15.9. The Kier molecular flexibility index (Phi) is 12.9. The fraction of sp³-hybridized carbons (Fsp3) is 0.333. The summed E-state index contributed by atoms with van der Waals surface area (Å²) in [4.78, 5) is 28.5. The molecular formula is C36H39Cl2NO5S. The van der Waals surface area contributed by atoms with Gasteiger partial charge in [0.05, 0.1) is 19.8 Å². The van der Waals surface area contributed by atoms with E-state index in [0.29, 0.717) is 28.6 Å². The maximum Gasteiger partial charge on any atom is 0.337 e. The number of benzene rings is 3. The molecule has 0 radical (unpaired) electrons. The van der Waals surface area contributed by atoms with Gasteiger partial charge in [0.1, 0.15) is 12.4 Å². The van der Waals surface area contributed by atoms with E-state index in [9.17, 15) is 9.59 Å². The van der Waals surface area contributed by atoms with Crippen LogP contribution in [0.5, 0.6) is 5.75 Å². The highest BCUT2D eigenvalue weighted by Crippen LogP contribution is 2.33. The molecule has 0 aliphatic carbocycles. The number of methoxy groups -OCH3 is 2. The van der Waals surface area contributed by atoms with Gasteiger partial charge in [-0.05, 0) is 92.7 Å². The van der Waals surface area contributed by atoms with Crippen molar-refractivity contribution in [3.8, 4) is 16.9 Å². The molecule has 0 aliphatic heterocycles. The van der Waals surface area contributed by atoms with Gasteiger partial charge in [-0.15, -0.1) is 11.3 Å². The first-order valence-corrected chi connectivity index (χ1v) is 16.5. The molecule has 0 aliphatic rings. The first-order valence-electron chi connectivity index (χ1n) is 14.9. The van der Waals surface area contributed by atoms with Crippen LogP contribution in [0.2, 0.25) is 10.0 Å². The standard InChI is InChI=1S/C36H39Cl2NO5S/c1-24-31(18-20-39(19-6-5-7-35(40)42-3)22-26-8-10-28(11-9-26)36(41)43-4)33(25(2)45-24)23-44-30-15-12-27(13-16-30)32-17-14-29(37)21-34(32)38/h8-17,21H,5-7,18-20,22-23H2,1-4H3. The SMILES string of the molecule is COC(=O)CCCCN(CCc1c(C)sc(C)c1COc1ccc(-c2ccc(Cl)cc2Cl)cc1)Cc1ccc(C(=O)OC)cc1. The smallest absolute Gasteiger partial charge is 0.337 e. The van der Waals surface area contributed by atoms with E-state index in [4.69, 9.17) is 37.4 Å². The number of carbonyl (C=O) groups excluding carboxylic acids is 2. The van der Waals surface area contributed by atoms with Gasteiger partial charge < -0.3 is 14.2 Å². The molecule has 3 aromatic carbocycles. The molecule has 6 nitrogen and oxygen atoms in total. The first kappa shape index (κ1) is 34.5. The molecular weight excluding hydrogens is 629 g/mol. The minimum absolute atomic E-state index is 0.183. The van der Waals surface area contributed by atoms with Gasteiger partial charge in [-0.25, -0.2) is 4.79 Å². The number of aryl methyl sites for hydroxylation is 2. The molecule has 0 unspecified atom stereocenters. The van der Waals surface area contributed by atoms with Crippen LogP contribution in [0.15, 0.2) is 66.7 Å². The lowest BCUT2D eigenvalue weighted by atomic mass is 10.0. The molecule has 0 saturated heterocycles. The molecule has 9 heteroatoms. The lowest BCUT2D eigenvalue weighted by Crippen LogP contribution is -2.27. The van der Waals surface area contributed by atoms with Gasteiger partial charge in [0, 0.05) is 50.4 Å². The number of esters is 2. The third kappa shape index (κ3) is 9.81. The van der Waals surface area contributed by atoms with Crippen LogP contribution in [0.3, 0.4) is 0 Å². The van der Waals surface area contributed by atoms with Crippen molar-refractivity contribution in [2.24, 2.45) is 0 Å². The second-order valence-corrected chi connectivity index (χ2v) is 13.1. The Morgan fingerprint density at radius 1 is 0.822 bits per heavy atom. The van der Waals surface area contributed by atoms with Gasteiger partial charge in [-0.2, -0.15) is 0 Å². The fourth-order valence-electron chi connectivity index (χ4n) is 5.27. The zero-order chi connectivity index (χ0) is 32.3. The summed E-state index contributed by atoms with van der Waals surface area (Å²) in [7, 11) is 2.81. The van der Waals surface area contributed by atoms with E-state index in [1.807, 2.05) is 48.5 Å². The van der Waals surface area contributed by atoms with E-state index < -0.39 is 0 Å². The van der Waals surface area contributed by atoms with Gasteiger partial charge >= 0.3 is 11.9 Å². The molecule has 0 atom stereocenters. The summed E-state index contributed by atoms with van der Waals surface area (Å²) in [5.41, 5.74) is 6.12. The van der Waals surface area contributed by atoms with Crippen LogP contribution in [0, 0.1) is 13.8 Å². The average Bonchev–Trinajstić information content (AvgIpc) is 3.31. The van der Waals surface area contributed by atoms with Crippen LogP contribution in [-0.2, 0) is 33.8 Å². The Morgan fingerprint density at radius 3 is 2.20 bits per heavy atom. The second kappa shape index (κ2) is 16.8. The van der Waals surface area contributed by atoms with Crippen molar-refractivity contribution in [3.63, 3.8) is 0 Å². The molecule has 1 aromatic heterocycles. The molecule has 1 heterocycles. The molecule has 0 fully saturated rings. The molecule has 45 heavy (non-hydrogen) atoms. The Balaban J connectivity index is 1.42. The molecule has 0 spiro atoms. The molecule has 4 rings (SSSR count). The highest BCUT2D eigenvalue weighted by atomic mass is 35.5. The minimum Gasteiger partial charge on any atom is -0.489 e. The number of halogens is 2. The van der Waals surface area contributed by atoms with Crippen LogP contribution in [0.4, 0.5) is 0 Å². The minimum atomic E-state index is -0.346. The van der Waals surface area contributed by atoms with E-state index in [2.05, 4.69) is 18.7 Å². The molecule has 0 amide bonds. The van der Waals surface area contributed by atoms with Crippen LogP contribution >= 0.6 is 34.5 Å². The Bertz CT molecular complexity index is 1580.